The molecule has 3 heteroatoms. The fourth-order valence-electron chi connectivity index (χ4n) is 8.45. The number of halogens is 1. The van der Waals surface area contributed by atoms with Crippen LogP contribution in [0, 0.1) is 47.3 Å². The summed E-state index contributed by atoms with van der Waals surface area (Å²) in [5.41, 5.74) is 0.895. The van der Waals surface area contributed by atoms with Crippen LogP contribution in [0.25, 0.3) is 0 Å². The molecule has 3 fully saturated rings. The molecule has 0 aromatic carbocycles. The molecule has 0 aliphatic heterocycles. The van der Waals surface area contributed by atoms with Crippen molar-refractivity contribution in [3.8, 4) is 0 Å². The molecule has 0 aromatic heterocycles. The van der Waals surface area contributed by atoms with Gasteiger partial charge in [-0.3, -0.25) is 0 Å². The van der Waals surface area contributed by atoms with E-state index >= 15 is 0 Å². The highest BCUT2D eigenvalue weighted by molar-refractivity contribution is 14.1. The minimum absolute atomic E-state index is 0.895. The maximum Gasteiger partial charge on any atom is -0.000209 e. The van der Waals surface area contributed by atoms with Gasteiger partial charge >= 0.3 is 0 Å². The van der Waals surface area contributed by atoms with Gasteiger partial charge in [0, 0.05) is 0 Å². The molecule has 0 bridgehead atoms. The van der Waals surface area contributed by atoms with Crippen LogP contribution in [-0.4, -0.2) is 16.2 Å². The van der Waals surface area contributed by atoms with Gasteiger partial charge in [-0.25, -0.2) is 0 Å². The van der Waals surface area contributed by atoms with Crippen LogP contribution in [0.2, 0.25) is 0 Å². The molecule has 0 radical (unpaired) electrons. The fourth-order valence-corrected chi connectivity index (χ4v) is 10.7. The van der Waals surface area contributed by atoms with E-state index in [-0.39, 0.29) is 0 Å². The molecule has 0 amide bonds. The first-order valence-electron chi connectivity index (χ1n) is 13.6. The van der Waals surface area contributed by atoms with Crippen molar-refractivity contribution in [2.75, 3.05) is 10.6 Å². The normalized spacial score (nSPS) is 42.9. The summed E-state index contributed by atoms with van der Waals surface area (Å²) >= 11 is 2.67. The Labute approximate surface area is 207 Å². The summed E-state index contributed by atoms with van der Waals surface area (Å²) in [5.74, 6) is 8.09. The molecule has 3 saturated carbocycles. The number of alkyl halides is 1. The van der Waals surface area contributed by atoms with Gasteiger partial charge in [-0.15, -0.1) is 18.5 Å². The molecule has 11 atom stereocenters. The molecular weight excluding hydrogens is 513 g/mol. The minimum atomic E-state index is 0.895. The first-order chi connectivity index (χ1) is 14.6. The van der Waals surface area contributed by atoms with Gasteiger partial charge in [0.05, 0.1) is 0 Å². The lowest BCUT2D eigenvalue weighted by Crippen LogP contribution is -2.36. The lowest BCUT2D eigenvalue weighted by molar-refractivity contribution is 0.124. The van der Waals surface area contributed by atoms with Gasteiger partial charge < -0.3 is 0 Å². The highest BCUT2D eigenvalue weighted by Gasteiger charge is 2.43. The molecule has 0 nitrogen and oxygen atoms in total. The topological polar surface area (TPSA) is 0 Å². The van der Waals surface area contributed by atoms with E-state index in [9.17, 15) is 0 Å². The Balaban J connectivity index is 1.91. The average molecular weight is 565 g/mol. The second-order valence-corrected chi connectivity index (χ2v) is 13.7. The number of rotatable bonds is 7. The molecule has 0 spiro atoms. The van der Waals surface area contributed by atoms with Crippen LogP contribution < -0.4 is 0 Å². The maximum atomic E-state index is 3.35. The maximum absolute atomic E-state index is 3.35. The Morgan fingerprint density at radius 3 is 1.93 bits per heavy atom. The van der Waals surface area contributed by atoms with E-state index in [4.69, 9.17) is 0 Å². The Morgan fingerprint density at radius 2 is 1.33 bits per heavy atom. The molecule has 0 aromatic rings. The smallest absolute Gasteiger partial charge is 0.000209 e. The summed E-state index contributed by atoms with van der Waals surface area (Å²) in [5, 5.41) is 0. The molecule has 3 aliphatic rings. The second kappa shape index (κ2) is 13.5. The lowest BCUT2D eigenvalue weighted by atomic mass is 9.66. The van der Waals surface area contributed by atoms with Gasteiger partial charge in [-0.2, -0.15) is 0 Å². The Kier molecular flexibility index (Phi) is 11.8. The summed E-state index contributed by atoms with van der Waals surface area (Å²) in [7, 11) is 6.49. The van der Waals surface area contributed by atoms with Gasteiger partial charge in [0.25, 0.3) is 0 Å². The van der Waals surface area contributed by atoms with Gasteiger partial charge in [0.15, 0.2) is 0 Å². The molecule has 0 heterocycles. The highest BCUT2D eigenvalue weighted by Crippen LogP contribution is 2.52. The molecular formula is C27H51IP2. The molecule has 8 unspecified atom stereocenters. The zero-order valence-corrected chi connectivity index (χ0v) is 24.5. The molecule has 30 heavy (non-hydrogen) atoms. The van der Waals surface area contributed by atoms with Crippen molar-refractivity contribution in [2.24, 2.45) is 47.3 Å². The van der Waals surface area contributed by atoms with Crippen molar-refractivity contribution in [1.82, 2.24) is 0 Å². The Hall–Kier alpha value is 1.59. The van der Waals surface area contributed by atoms with E-state index in [1.54, 1.807) is 32.1 Å². The predicted molar refractivity (Wildman–Crippen MR) is 151 cm³/mol. The third-order valence-corrected chi connectivity index (χ3v) is 11.6. The van der Waals surface area contributed by atoms with Crippen LogP contribution in [0.4, 0.5) is 0 Å². The number of hydrogen-bond acceptors (Lipinski definition) is 0. The predicted octanol–water partition coefficient (Wildman–Crippen LogP) is 9.01. The van der Waals surface area contributed by atoms with Crippen LogP contribution in [0.1, 0.15) is 104 Å². The molecule has 3 aliphatic carbocycles. The van der Waals surface area contributed by atoms with Crippen LogP contribution in [0.15, 0.2) is 0 Å². The number of fused-ring (bicyclic) bond motifs is 2. The van der Waals surface area contributed by atoms with Gasteiger partial charge in [0.1, 0.15) is 0 Å². The third-order valence-electron chi connectivity index (χ3n) is 9.56. The van der Waals surface area contributed by atoms with Gasteiger partial charge in [-0.1, -0.05) is 75.0 Å². The van der Waals surface area contributed by atoms with Gasteiger partial charge in [0.2, 0.25) is 0 Å². The van der Waals surface area contributed by atoms with Crippen LogP contribution in [0.5, 0.6) is 0 Å². The minimum Gasteiger partial charge on any atom is -0.137 e. The van der Waals surface area contributed by atoms with Crippen LogP contribution in [-0.2, 0) is 0 Å². The largest absolute Gasteiger partial charge is 0.137 e. The van der Waals surface area contributed by atoms with E-state index in [1.807, 2.05) is 0 Å². The van der Waals surface area contributed by atoms with Crippen LogP contribution >= 0.6 is 41.1 Å². The molecule has 0 saturated heterocycles. The van der Waals surface area contributed by atoms with Gasteiger partial charge in [-0.05, 0) is 115 Å². The lowest BCUT2D eigenvalue weighted by Gasteiger charge is -2.43. The van der Waals surface area contributed by atoms with Crippen molar-refractivity contribution in [1.29, 1.82) is 0 Å². The van der Waals surface area contributed by atoms with Crippen molar-refractivity contribution < 1.29 is 0 Å². The first kappa shape index (κ1) is 26.2. The summed E-state index contributed by atoms with van der Waals surface area (Å²) in [6.45, 7) is 4.90. The van der Waals surface area contributed by atoms with Crippen molar-refractivity contribution in [3.05, 3.63) is 0 Å². The third kappa shape index (κ3) is 6.59. The molecule has 3 rings (SSSR count). The zero-order chi connectivity index (χ0) is 21.5. The number of hydrogen-bond donors (Lipinski definition) is 0. The fraction of sp³-hybridized carbons (Fsp3) is 1.00. The Bertz CT molecular complexity index is 481. The quantitative estimate of drug-likeness (QED) is 0.164. The standard InChI is InChI=1S/C27H51IP2/c1-3-6-22-16-19(14-15-28)17-23(7-4-2)27-20(8-5-9-25(27)30)10-11-21-12-13-24(18-29)26(21)22/h19-27H,3-18,29-30H2,1-2H3/t19?,20-,21?,22?,23?,24?,25?,26+,27-/m0/s1. The summed E-state index contributed by atoms with van der Waals surface area (Å²) in [6, 6.07) is 0. The van der Waals surface area contributed by atoms with Crippen molar-refractivity contribution in [2.45, 2.75) is 109 Å². The second-order valence-electron chi connectivity index (χ2n) is 11.3. The van der Waals surface area contributed by atoms with E-state index in [0.29, 0.717) is 0 Å². The van der Waals surface area contributed by atoms with E-state index in [1.165, 1.54) is 68.4 Å². The van der Waals surface area contributed by atoms with Crippen molar-refractivity contribution >= 4 is 41.1 Å². The summed E-state index contributed by atoms with van der Waals surface area (Å²) in [4.78, 5) is 0. The average Bonchev–Trinajstić information content (AvgIpc) is 3.13. The Morgan fingerprint density at radius 1 is 0.733 bits per heavy atom. The first-order valence-corrected chi connectivity index (χ1v) is 16.6. The van der Waals surface area contributed by atoms with Crippen LogP contribution in [0.3, 0.4) is 0 Å². The van der Waals surface area contributed by atoms with Crippen molar-refractivity contribution in [3.63, 3.8) is 0 Å². The summed E-state index contributed by atoms with van der Waals surface area (Å²) in [6.07, 6.45) is 22.4. The van der Waals surface area contributed by atoms with E-state index < -0.39 is 0 Å². The molecule has 176 valence electrons. The van der Waals surface area contributed by atoms with E-state index in [0.717, 1.165) is 53.0 Å². The van der Waals surface area contributed by atoms with E-state index in [2.05, 4.69) is 54.9 Å². The SMILES string of the molecule is CCCC1CC(CCI)CC(CCC)[C@H]2C(P)CCC[C@H]2CCC2CCC(CP)[C@H]21. The molecule has 0 N–H and O–H groups in total. The summed E-state index contributed by atoms with van der Waals surface area (Å²) < 4.78 is 1.36. The monoisotopic (exact) mass is 564 g/mol. The zero-order valence-electron chi connectivity index (χ0n) is 20.0. The highest BCUT2D eigenvalue weighted by atomic mass is 127.